The lowest BCUT2D eigenvalue weighted by Crippen LogP contribution is -2.46. The van der Waals surface area contributed by atoms with Gasteiger partial charge in [-0.25, -0.2) is 0 Å². The van der Waals surface area contributed by atoms with Crippen molar-refractivity contribution in [3.05, 3.63) is 53.9 Å². The number of alkyl halides is 3. The van der Waals surface area contributed by atoms with Gasteiger partial charge in [0.2, 0.25) is 5.91 Å². The lowest BCUT2D eigenvalue weighted by molar-refractivity contribution is -0.153. The van der Waals surface area contributed by atoms with Crippen LogP contribution in [0, 0.1) is 0 Å². The molecule has 0 aliphatic heterocycles. The van der Waals surface area contributed by atoms with E-state index in [-0.39, 0.29) is 31.1 Å². The molecule has 0 saturated heterocycles. The molecule has 0 aliphatic rings. The zero-order chi connectivity index (χ0) is 34.5. The van der Waals surface area contributed by atoms with E-state index in [4.69, 9.17) is 9.47 Å². The molecule has 1 amide bonds. The Hall–Kier alpha value is -2.66. The van der Waals surface area contributed by atoms with Gasteiger partial charge in [-0.1, -0.05) is 96.1 Å². The fourth-order valence-electron chi connectivity index (χ4n) is 5.16. The molecule has 0 unspecified atom stereocenters. The van der Waals surface area contributed by atoms with Crippen LogP contribution in [-0.2, 0) is 22.4 Å². The first-order valence-corrected chi connectivity index (χ1v) is 18.5. The van der Waals surface area contributed by atoms with E-state index < -0.39 is 38.7 Å². The number of rotatable bonds is 25. The van der Waals surface area contributed by atoms with E-state index in [9.17, 15) is 37.4 Å². The third kappa shape index (κ3) is 20.3. The number of aliphatic hydroxyl groups is 1. The molecule has 0 radical (unpaired) electrons. The third-order valence-corrected chi connectivity index (χ3v) is 8.55. The summed E-state index contributed by atoms with van der Waals surface area (Å²) in [5.41, 5.74) is 1.05. The summed E-state index contributed by atoms with van der Waals surface area (Å²) in [6.45, 7) is 0.786. The maximum Gasteiger partial charge on any atom is 0.422 e. The van der Waals surface area contributed by atoms with Crippen LogP contribution < -0.4 is 14.8 Å². The number of pyridine rings is 1. The predicted molar refractivity (Wildman–Crippen MR) is 175 cm³/mol. The second-order valence-corrected chi connectivity index (χ2v) is 13.8. The van der Waals surface area contributed by atoms with Crippen molar-refractivity contribution < 1.29 is 46.9 Å². The summed E-state index contributed by atoms with van der Waals surface area (Å²) >= 11 is 0. The van der Waals surface area contributed by atoms with Crippen molar-refractivity contribution in [3.8, 4) is 11.5 Å². The Morgan fingerprint density at radius 3 is 2.00 bits per heavy atom. The zero-order valence-corrected chi connectivity index (χ0v) is 28.3. The molecule has 0 saturated carbocycles. The average molecular weight is 689 g/mol. The quantitative estimate of drug-likeness (QED) is 0.0617. The van der Waals surface area contributed by atoms with Gasteiger partial charge >= 0.3 is 13.8 Å². The second kappa shape index (κ2) is 22.1. The zero-order valence-electron chi connectivity index (χ0n) is 27.4. The monoisotopic (exact) mass is 688 g/mol. The average Bonchev–Trinajstić information content (AvgIpc) is 3.00. The molecule has 0 aliphatic carbocycles. The van der Waals surface area contributed by atoms with Crippen molar-refractivity contribution in [2.24, 2.45) is 0 Å². The molecule has 266 valence electrons. The topological polar surface area (TPSA) is 138 Å². The smallest absolute Gasteiger partial charge is 0.422 e. The number of nitrogens with zero attached hydrogens (tertiary/aromatic N) is 1. The van der Waals surface area contributed by atoms with Crippen LogP contribution >= 0.6 is 7.60 Å². The summed E-state index contributed by atoms with van der Waals surface area (Å²) in [5, 5.41) is 13.4. The fraction of sp³-hybridized carbons (Fsp3) is 0.647. The van der Waals surface area contributed by atoms with Crippen molar-refractivity contribution >= 4 is 13.5 Å². The number of amides is 1. The van der Waals surface area contributed by atoms with Gasteiger partial charge in [-0.05, 0) is 36.6 Å². The normalized spacial score (nSPS) is 13.3. The summed E-state index contributed by atoms with van der Waals surface area (Å²) in [6.07, 6.45) is 10.5. The number of aliphatic hydroxyl groups excluding tert-OH is 1. The van der Waals surface area contributed by atoms with E-state index >= 15 is 0 Å². The fourth-order valence-corrected chi connectivity index (χ4v) is 5.90. The van der Waals surface area contributed by atoms with E-state index in [0.29, 0.717) is 23.4 Å². The Kier molecular flexibility index (Phi) is 19.0. The van der Waals surface area contributed by atoms with Gasteiger partial charge in [0.1, 0.15) is 18.1 Å². The lowest BCUT2D eigenvalue weighted by atomic mass is 10.0. The molecule has 1 aromatic carbocycles. The van der Waals surface area contributed by atoms with Crippen LogP contribution in [0.2, 0.25) is 0 Å². The van der Waals surface area contributed by atoms with Crippen molar-refractivity contribution in [2.75, 3.05) is 12.8 Å². The van der Waals surface area contributed by atoms with E-state index in [2.05, 4.69) is 17.2 Å². The molecule has 0 fully saturated rings. The minimum absolute atomic E-state index is 0.0160. The summed E-state index contributed by atoms with van der Waals surface area (Å²) in [6, 6.07) is 8.44. The van der Waals surface area contributed by atoms with Gasteiger partial charge in [0.05, 0.1) is 24.0 Å². The van der Waals surface area contributed by atoms with E-state index in [1.54, 1.807) is 24.3 Å². The summed E-state index contributed by atoms with van der Waals surface area (Å²) < 4.78 is 59.2. The minimum atomic E-state index is -4.53. The van der Waals surface area contributed by atoms with Crippen molar-refractivity contribution in [2.45, 2.75) is 128 Å². The van der Waals surface area contributed by atoms with Crippen molar-refractivity contribution in [1.29, 1.82) is 0 Å². The Balaban J connectivity index is 1.78. The van der Waals surface area contributed by atoms with Gasteiger partial charge in [0.25, 0.3) is 0 Å². The molecule has 0 bridgehead atoms. The predicted octanol–water partition coefficient (Wildman–Crippen LogP) is 7.65. The molecule has 2 atom stereocenters. The first kappa shape index (κ1) is 40.5. The second-order valence-electron chi connectivity index (χ2n) is 12.1. The van der Waals surface area contributed by atoms with Gasteiger partial charge in [-0.2, -0.15) is 13.2 Å². The number of hydrogen-bond acceptors (Lipinski definition) is 6. The molecule has 0 spiro atoms. The summed E-state index contributed by atoms with van der Waals surface area (Å²) in [4.78, 5) is 35.6. The van der Waals surface area contributed by atoms with Gasteiger partial charge in [-0.3, -0.25) is 14.3 Å². The third-order valence-electron chi connectivity index (χ3n) is 7.70. The Labute approximate surface area is 276 Å². The number of carbonyl (C=O) groups is 1. The SMILES string of the molecule is CCCCCCCCCCCCCCCC(=O)N[C@@H](Cc1ccc(OCc2cc(OCC(F)(F)F)ccn2)cc1)[C@@H](O)CP(=O)(O)O. The van der Waals surface area contributed by atoms with Crippen LogP contribution in [0.15, 0.2) is 42.6 Å². The Bertz CT molecular complexity index is 1190. The van der Waals surface area contributed by atoms with Crippen LogP contribution in [-0.4, -0.2) is 56.9 Å². The maximum absolute atomic E-state index is 12.7. The molecule has 2 rings (SSSR count). The molecule has 9 nitrogen and oxygen atoms in total. The number of benzene rings is 1. The Morgan fingerprint density at radius 1 is 0.872 bits per heavy atom. The number of unbranched alkanes of at least 4 members (excludes halogenated alkanes) is 12. The van der Waals surface area contributed by atoms with E-state index in [1.165, 1.54) is 76.1 Å². The van der Waals surface area contributed by atoms with Gasteiger partial charge in [0, 0.05) is 18.7 Å². The first-order valence-electron chi connectivity index (χ1n) is 16.7. The lowest BCUT2D eigenvalue weighted by Gasteiger charge is -2.25. The highest BCUT2D eigenvalue weighted by Gasteiger charge is 2.29. The highest BCUT2D eigenvalue weighted by Crippen LogP contribution is 2.36. The molecule has 1 aromatic heterocycles. The number of aromatic nitrogens is 1. The van der Waals surface area contributed by atoms with Crippen LogP contribution in [0.3, 0.4) is 0 Å². The standard InChI is InChI=1S/C34H52F3N2O7P/c1-2-3-4-5-6-7-8-9-10-11-12-13-14-15-33(41)39-31(32(40)25-47(42,43)44)22-27-16-18-29(19-17-27)45-24-28-23-30(20-21-38-28)46-26-34(35,36)37/h16-21,23,31-32,40H,2-15,22,24-26H2,1H3,(H,39,41)(H2,42,43,44)/t31-,32-/m0/s1. The largest absolute Gasteiger partial charge is 0.487 e. The van der Waals surface area contributed by atoms with Crippen molar-refractivity contribution in [3.63, 3.8) is 0 Å². The molecule has 2 aromatic rings. The number of halogens is 3. The number of hydrogen-bond donors (Lipinski definition) is 4. The first-order chi connectivity index (χ1) is 22.3. The van der Waals surface area contributed by atoms with E-state index in [0.717, 1.165) is 19.3 Å². The molecule has 13 heteroatoms. The highest BCUT2D eigenvalue weighted by molar-refractivity contribution is 7.51. The highest BCUT2D eigenvalue weighted by atomic mass is 31.2. The van der Waals surface area contributed by atoms with Crippen LogP contribution in [0.4, 0.5) is 13.2 Å². The molecular formula is C34H52F3N2O7P. The number of carbonyl (C=O) groups excluding carboxylic acids is 1. The van der Waals surface area contributed by atoms with E-state index in [1.807, 2.05) is 0 Å². The van der Waals surface area contributed by atoms with Gasteiger partial charge in [0.15, 0.2) is 6.61 Å². The summed E-state index contributed by atoms with van der Waals surface area (Å²) in [5.74, 6) is 0.176. The van der Waals surface area contributed by atoms with Gasteiger partial charge in [-0.15, -0.1) is 0 Å². The summed E-state index contributed by atoms with van der Waals surface area (Å²) in [7, 11) is -4.53. The number of ether oxygens (including phenoxy) is 2. The molecule has 4 N–H and O–H groups in total. The van der Waals surface area contributed by atoms with Crippen LogP contribution in [0.25, 0.3) is 0 Å². The Morgan fingerprint density at radius 2 is 1.45 bits per heavy atom. The molecular weight excluding hydrogens is 636 g/mol. The minimum Gasteiger partial charge on any atom is -0.487 e. The van der Waals surface area contributed by atoms with Crippen LogP contribution in [0.1, 0.15) is 108 Å². The maximum atomic E-state index is 12.7. The van der Waals surface area contributed by atoms with Crippen LogP contribution in [0.5, 0.6) is 11.5 Å². The van der Waals surface area contributed by atoms with Crippen molar-refractivity contribution in [1.82, 2.24) is 10.3 Å². The number of nitrogens with one attached hydrogen (secondary N) is 1. The molecule has 47 heavy (non-hydrogen) atoms. The molecule has 1 heterocycles. The van der Waals surface area contributed by atoms with Gasteiger partial charge < -0.3 is 29.7 Å².